The number of nitrogen functional groups attached to an aromatic ring is 2. The number of carbonyl (C=O) groups excluding carboxylic acids is 1. The predicted molar refractivity (Wildman–Crippen MR) is 62.9 cm³/mol. The van der Waals surface area contributed by atoms with Crippen molar-refractivity contribution in [2.45, 2.75) is 6.54 Å². The van der Waals surface area contributed by atoms with Gasteiger partial charge in [-0.1, -0.05) is 5.16 Å². The SMILES string of the molecule is Nc1cc(N)cc(C(=O)NCc2ccon2)c1. The summed E-state index contributed by atoms with van der Waals surface area (Å²) in [5, 5.41) is 6.36. The summed E-state index contributed by atoms with van der Waals surface area (Å²) in [5.41, 5.74) is 13.2. The largest absolute Gasteiger partial charge is 0.399 e. The van der Waals surface area contributed by atoms with Gasteiger partial charge in [0.1, 0.15) is 12.0 Å². The van der Waals surface area contributed by atoms with Gasteiger partial charge in [-0.3, -0.25) is 4.79 Å². The van der Waals surface area contributed by atoms with Gasteiger partial charge < -0.3 is 21.3 Å². The van der Waals surface area contributed by atoms with E-state index >= 15 is 0 Å². The number of nitrogens with zero attached hydrogens (tertiary/aromatic N) is 1. The van der Waals surface area contributed by atoms with Crippen LogP contribution >= 0.6 is 0 Å². The van der Waals surface area contributed by atoms with Crippen molar-refractivity contribution in [3.05, 3.63) is 41.8 Å². The van der Waals surface area contributed by atoms with E-state index in [4.69, 9.17) is 11.5 Å². The molecule has 1 aromatic heterocycles. The molecule has 0 aliphatic carbocycles. The number of carbonyl (C=O) groups is 1. The smallest absolute Gasteiger partial charge is 0.251 e. The van der Waals surface area contributed by atoms with Crippen LogP contribution in [0.5, 0.6) is 0 Å². The van der Waals surface area contributed by atoms with E-state index in [1.54, 1.807) is 24.3 Å². The molecular formula is C11H12N4O2. The minimum atomic E-state index is -0.257. The topological polar surface area (TPSA) is 107 Å². The lowest BCUT2D eigenvalue weighted by molar-refractivity contribution is 0.0950. The highest BCUT2D eigenvalue weighted by molar-refractivity contribution is 5.96. The maximum Gasteiger partial charge on any atom is 0.251 e. The number of rotatable bonds is 3. The Labute approximate surface area is 97.6 Å². The fourth-order valence-corrected chi connectivity index (χ4v) is 1.41. The molecule has 0 saturated carbocycles. The first-order chi connectivity index (χ1) is 8.15. The molecule has 2 aromatic rings. The summed E-state index contributed by atoms with van der Waals surface area (Å²) >= 11 is 0. The van der Waals surface area contributed by atoms with E-state index in [9.17, 15) is 4.79 Å². The number of nitrogens with two attached hydrogens (primary N) is 2. The van der Waals surface area contributed by atoms with Gasteiger partial charge in [-0.25, -0.2) is 0 Å². The van der Waals surface area contributed by atoms with Crippen molar-refractivity contribution < 1.29 is 9.32 Å². The Morgan fingerprint density at radius 2 is 2.00 bits per heavy atom. The van der Waals surface area contributed by atoms with Crippen molar-refractivity contribution in [3.8, 4) is 0 Å². The fourth-order valence-electron chi connectivity index (χ4n) is 1.41. The zero-order chi connectivity index (χ0) is 12.3. The molecule has 0 aliphatic rings. The molecule has 6 heteroatoms. The quantitative estimate of drug-likeness (QED) is 0.677. The summed E-state index contributed by atoms with van der Waals surface area (Å²) in [4.78, 5) is 11.8. The third-order valence-corrected chi connectivity index (χ3v) is 2.16. The number of nitrogens with one attached hydrogen (secondary N) is 1. The van der Waals surface area contributed by atoms with Crippen molar-refractivity contribution in [3.63, 3.8) is 0 Å². The van der Waals surface area contributed by atoms with E-state index < -0.39 is 0 Å². The number of amides is 1. The molecule has 0 spiro atoms. The highest BCUT2D eigenvalue weighted by Gasteiger charge is 2.07. The van der Waals surface area contributed by atoms with Gasteiger partial charge >= 0.3 is 0 Å². The van der Waals surface area contributed by atoms with Crippen LogP contribution in [0.1, 0.15) is 16.1 Å². The average molecular weight is 232 g/mol. The van der Waals surface area contributed by atoms with Gasteiger partial charge in [-0.2, -0.15) is 0 Å². The van der Waals surface area contributed by atoms with Crippen LogP contribution in [0, 0.1) is 0 Å². The van der Waals surface area contributed by atoms with Gasteiger partial charge in [0.15, 0.2) is 0 Å². The first kappa shape index (κ1) is 11.0. The Morgan fingerprint density at radius 1 is 1.29 bits per heavy atom. The molecule has 0 aliphatic heterocycles. The van der Waals surface area contributed by atoms with Gasteiger partial charge in [0.25, 0.3) is 5.91 Å². The highest BCUT2D eigenvalue weighted by atomic mass is 16.5. The Balaban J connectivity index is 2.04. The molecule has 1 heterocycles. The van der Waals surface area contributed by atoms with Gasteiger partial charge in [-0.15, -0.1) is 0 Å². The molecule has 0 unspecified atom stereocenters. The summed E-state index contributed by atoms with van der Waals surface area (Å²) < 4.78 is 4.65. The molecule has 1 aromatic carbocycles. The van der Waals surface area contributed by atoms with Crippen LogP contribution in [0.4, 0.5) is 11.4 Å². The third kappa shape index (κ3) is 2.75. The maximum absolute atomic E-state index is 11.8. The summed E-state index contributed by atoms with van der Waals surface area (Å²) in [6, 6.07) is 6.39. The number of anilines is 2. The monoisotopic (exact) mass is 232 g/mol. The lowest BCUT2D eigenvalue weighted by Crippen LogP contribution is -2.23. The number of hydrogen-bond acceptors (Lipinski definition) is 5. The second kappa shape index (κ2) is 4.56. The Morgan fingerprint density at radius 3 is 2.59 bits per heavy atom. The van der Waals surface area contributed by atoms with Crippen molar-refractivity contribution in [2.75, 3.05) is 11.5 Å². The third-order valence-electron chi connectivity index (χ3n) is 2.16. The summed E-state index contributed by atoms with van der Waals surface area (Å²) in [5.74, 6) is -0.257. The minimum absolute atomic E-state index is 0.257. The molecule has 0 radical (unpaired) electrons. The molecule has 0 bridgehead atoms. The molecule has 1 amide bonds. The van der Waals surface area contributed by atoms with E-state index in [-0.39, 0.29) is 5.91 Å². The van der Waals surface area contributed by atoms with E-state index in [1.807, 2.05) is 0 Å². The lowest BCUT2D eigenvalue weighted by Gasteiger charge is -2.05. The maximum atomic E-state index is 11.8. The Kier molecular flexibility index (Phi) is 2.95. The van der Waals surface area contributed by atoms with Crippen LogP contribution in [-0.4, -0.2) is 11.1 Å². The second-order valence-electron chi connectivity index (χ2n) is 3.56. The molecule has 2 rings (SSSR count). The van der Waals surface area contributed by atoms with Gasteiger partial charge in [-0.05, 0) is 18.2 Å². The Hall–Kier alpha value is -2.50. The molecule has 0 saturated heterocycles. The first-order valence-electron chi connectivity index (χ1n) is 4.98. The number of hydrogen-bond donors (Lipinski definition) is 3. The zero-order valence-corrected chi connectivity index (χ0v) is 9.01. The first-order valence-corrected chi connectivity index (χ1v) is 4.98. The molecule has 0 atom stereocenters. The molecule has 88 valence electrons. The molecule has 6 nitrogen and oxygen atoms in total. The van der Waals surface area contributed by atoms with Crippen molar-refractivity contribution in [1.29, 1.82) is 0 Å². The molecule has 5 N–H and O–H groups in total. The highest BCUT2D eigenvalue weighted by Crippen LogP contribution is 2.13. The Bertz CT molecular complexity index is 502. The van der Waals surface area contributed by atoms with Crippen LogP contribution in [0.2, 0.25) is 0 Å². The standard InChI is InChI=1S/C11H12N4O2/c12-8-3-7(4-9(13)5-8)11(16)14-6-10-1-2-17-15-10/h1-5H,6,12-13H2,(H,14,16). The van der Waals surface area contributed by atoms with Crippen molar-refractivity contribution in [1.82, 2.24) is 10.5 Å². The number of benzene rings is 1. The molecule has 17 heavy (non-hydrogen) atoms. The molecule has 0 fully saturated rings. The van der Waals surface area contributed by atoms with Crippen LogP contribution < -0.4 is 16.8 Å². The van der Waals surface area contributed by atoms with Crippen molar-refractivity contribution >= 4 is 17.3 Å². The minimum Gasteiger partial charge on any atom is -0.399 e. The van der Waals surface area contributed by atoms with E-state index in [1.165, 1.54) is 6.26 Å². The van der Waals surface area contributed by atoms with E-state index in [0.29, 0.717) is 29.2 Å². The zero-order valence-electron chi connectivity index (χ0n) is 9.01. The number of aromatic nitrogens is 1. The van der Waals surface area contributed by atoms with Crippen LogP contribution in [-0.2, 0) is 6.54 Å². The fraction of sp³-hybridized carbons (Fsp3) is 0.0909. The van der Waals surface area contributed by atoms with Crippen molar-refractivity contribution in [2.24, 2.45) is 0 Å². The van der Waals surface area contributed by atoms with Gasteiger partial charge in [0.2, 0.25) is 0 Å². The second-order valence-corrected chi connectivity index (χ2v) is 3.56. The van der Waals surface area contributed by atoms with Gasteiger partial charge in [0.05, 0.1) is 6.54 Å². The van der Waals surface area contributed by atoms with Crippen LogP contribution in [0.25, 0.3) is 0 Å². The van der Waals surface area contributed by atoms with E-state index in [2.05, 4.69) is 15.0 Å². The summed E-state index contributed by atoms with van der Waals surface area (Å²) in [6.45, 7) is 0.296. The average Bonchev–Trinajstić information content (AvgIpc) is 2.77. The molecular weight excluding hydrogens is 220 g/mol. The summed E-state index contributed by atoms with van der Waals surface area (Å²) in [7, 11) is 0. The van der Waals surface area contributed by atoms with E-state index in [0.717, 1.165) is 0 Å². The normalized spacial score (nSPS) is 10.1. The van der Waals surface area contributed by atoms with Crippen LogP contribution in [0.3, 0.4) is 0 Å². The summed E-state index contributed by atoms with van der Waals surface area (Å²) in [6.07, 6.45) is 1.44. The van der Waals surface area contributed by atoms with Gasteiger partial charge in [0, 0.05) is 23.0 Å². The lowest BCUT2D eigenvalue weighted by atomic mass is 10.1. The van der Waals surface area contributed by atoms with Crippen LogP contribution in [0.15, 0.2) is 35.1 Å². The predicted octanol–water partition coefficient (Wildman–Crippen LogP) is 0.769.